The van der Waals surface area contributed by atoms with Crippen molar-refractivity contribution in [2.75, 3.05) is 0 Å². The standard InChI is InChI=1S/C9H6BrFO3/c10-8(11)7(12)5-1-3-6(4-2-5)9(13)14/h1-4,8H,(H,13,14). The van der Waals surface area contributed by atoms with E-state index in [4.69, 9.17) is 5.11 Å². The van der Waals surface area contributed by atoms with Crippen LogP contribution < -0.4 is 0 Å². The second-order valence-electron chi connectivity index (χ2n) is 2.55. The smallest absolute Gasteiger partial charge is 0.335 e. The van der Waals surface area contributed by atoms with E-state index in [1.807, 2.05) is 0 Å². The van der Waals surface area contributed by atoms with Crippen molar-refractivity contribution in [1.29, 1.82) is 0 Å². The lowest BCUT2D eigenvalue weighted by Gasteiger charge is -2.00. The number of ketones is 1. The molecule has 3 nitrogen and oxygen atoms in total. The van der Waals surface area contributed by atoms with Crippen molar-refractivity contribution >= 4 is 27.7 Å². The van der Waals surface area contributed by atoms with E-state index in [2.05, 4.69) is 15.9 Å². The number of carbonyl (C=O) groups excluding carboxylic acids is 1. The molecule has 1 unspecified atom stereocenters. The Balaban J connectivity index is 2.94. The molecule has 0 fully saturated rings. The van der Waals surface area contributed by atoms with Gasteiger partial charge in [0.1, 0.15) is 0 Å². The van der Waals surface area contributed by atoms with E-state index in [0.29, 0.717) is 0 Å². The average Bonchev–Trinajstić information content (AvgIpc) is 2.16. The lowest BCUT2D eigenvalue weighted by atomic mass is 10.1. The van der Waals surface area contributed by atoms with Gasteiger partial charge in [-0.2, -0.15) is 0 Å². The Kier molecular flexibility index (Phi) is 3.35. The number of carboxylic acids is 1. The number of benzene rings is 1. The van der Waals surface area contributed by atoms with Gasteiger partial charge in [-0.25, -0.2) is 9.18 Å². The van der Waals surface area contributed by atoms with Crippen LogP contribution in [0.5, 0.6) is 0 Å². The SMILES string of the molecule is O=C(O)c1ccc(C(=O)C(F)Br)cc1. The number of carboxylic acid groups (broad SMARTS) is 1. The van der Waals surface area contributed by atoms with Crippen molar-refractivity contribution in [3.05, 3.63) is 35.4 Å². The Morgan fingerprint density at radius 2 is 1.64 bits per heavy atom. The molecule has 0 radical (unpaired) electrons. The van der Waals surface area contributed by atoms with Crippen molar-refractivity contribution in [3.8, 4) is 0 Å². The zero-order chi connectivity index (χ0) is 10.7. The van der Waals surface area contributed by atoms with Gasteiger partial charge in [-0.15, -0.1) is 0 Å². The zero-order valence-corrected chi connectivity index (χ0v) is 8.49. The number of halogens is 2. The van der Waals surface area contributed by atoms with Crippen LogP contribution in [0, 0.1) is 0 Å². The number of Topliss-reactive ketones (excluding diaryl/α,β-unsaturated/α-hetero) is 1. The maximum absolute atomic E-state index is 12.5. The van der Waals surface area contributed by atoms with Crippen LogP contribution in [-0.2, 0) is 0 Å². The van der Waals surface area contributed by atoms with E-state index in [1.165, 1.54) is 24.3 Å². The minimum Gasteiger partial charge on any atom is -0.478 e. The van der Waals surface area contributed by atoms with E-state index in [1.54, 1.807) is 0 Å². The van der Waals surface area contributed by atoms with E-state index in [-0.39, 0.29) is 11.1 Å². The van der Waals surface area contributed by atoms with Crippen molar-refractivity contribution in [3.63, 3.8) is 0 Å². The van der Waals surface area contributed by atoms with Crippen LogP contribution in [0.2, 0.25) is 0 Å². The second-order valence-corrected chi connectivity index (χ2v) is 3.35. The predicted molar refractivity (Wildman–Crippen MR) is 51.6 cm³/mol. The van der Waals surface area contributed by atoms with Gasteiger partial charge in [0.2, 0.25) is 10.9 Å². The summed E-state index contributed by atoms with van der Waals surface area (Å²) in [7, 11) is 0. The molecule has 0 aliphatic rings. The fraction of sp³-hybridized carbons (Fsp3) is 0.111. The molecule has 0 amide bonds. The first-order valence-corrected chi connectivity index (χ1v) is 4.59. The molecular weight excluding hydrogens is 255 g/mol. The molecule has 0 heterocycles. The molecule has 74 valence electrons. The highest BCUT2D eigenvalue weighted by molar-refractivity contribution is 9.09. The lowest BCUT2D eigenvalue weighted by Crippen LogP contribution is -2.08. The maximum atomic E-state index is 12.5. The molecule has 1 rings (SSSR count). The molecule has 1 N–H and O–H groups in total. The third kappa shape index (κ3) is 2.38. The molecule has 5 heteroatoms. The summed E-state index contributed by atoms with van der Waals surface area (Å²) in [6.07, 6.45) is 0. The molecule has 1 aromatic carbocycles. The van der Waals surface area contributed by atoms with Gasteiger partial charge in [-0.05, 0) is 28.1 Å². The summed E-state index contributed by atoms with van der Waals surface area (Å²) in [5, 5.41) is 6.80. The Bertz CT molecular complexity index is 359. The summed E-state index contributed by atoms with van der Waals surface area (Å²) in [5.41, 5.74) is 0.200. The fourth-order valence-electron chi connectivity index (χ4n) is 0.903. The van der Waals surface area contributed by atoms with Crippen LogP contribution in [0.4, 0.5) is 4.39 Å². The first kappa shape index (κ1) is 10.8. The summed E-state index contributed by atoms with van der Waals surface area (Å²) in [5.74, 6) is -1.80. The maximum Gasteiger partial charge on any atom is 0.335 e. The molecule has 1 atom stereocenters. The summed E-state index contributed by atoms with van der Waals surface area (Å²) < 4.78 is 12.5. The van der Waals surface area contributed by atoms with Crippen molar-refractivity contribution in [2.45, 2.75) is 5.08 Å². The van der Waals surface area contributed by atoms with Crippen molar-refractivity contribution < 1.29 is 19.1 Å². The zero-order valence-electron chi connectivity index (χ0n) is 6.91. The number of alkyl halides is 2. The third-order valence-corrected chi connectivity index (χ3v) is 2.03. The lowest BCUT2D eigenvalue weighted by molar-refractivity contribution is 0.0696. The largest absolute Gasteiger partial charge is 0.478 e. The van der Waals surface area contributed by atoms with Gasteiger partial charge in [0.25, 0.3) is 0 Å². The Morgan fingerprint density at radius 1 is 1.21 bits per heavy atom. The topological polar surface area (TPSA) is 54.4 Å². The number of aromatic carboxylic acids is 1. The van der Waals surface area contributed by atoms with Crippen molar-refractivity contribution in [2.24, 2.45) is 0 Å². The summed E-state index contributed by atoms with van der Waals surface area (Å²) in [4.78, 5) is 21.5. The fourth-order valence-corrected chi connectivity index (χ4v) is 1.17. The highest BCUT2D eigenvalue weighted by Crippen LogP contribution is 2.12. The highest BCUT2D eigenvalue weighted by atomic mass is 79.9. The highest BCUT2D eigenvalue weighted by Gasteiger charge is 2.15. The second kappa shape index (κ2) is 4.32. The first-order valence-electron chi connectivity index (χ1n) is 3.68. The number of hydrogen-bond donors (Lipinski definition) is 1. The average molecular weight is 261 g/mol. The van der Waals surface area contributed by atoms with Gasteiger partial charge < -0.3 is 5.11 Å². The van der Waals surface area contributed by atoms with Gasteiger partial charge in [0, 0.05) is 5.56 Å². The Hall–Kier alpha value is -1.23. The monoisotopic (exact) mass is 260 g/mol. The predicted octanol–water partition coefficient (Wildman–Crippen LogP) is 2.26. The number of hydrogen-bond acceptors (Lipinski definition) is 2. The third-order valence-electron chi connectivity index (χ3n) is 1.61. The number of rotatable bonds is 3. The van der Waals surface area contributed by atoms with Crippen LogP contribution in [-0.4, -0.2) is 21.9 Å². The molecule has 0 saturated heterocycles. The molecule has 0 spiro atoms. The Morgan fingerprint density at radius 3 is 2.00 bits per heavy atom. The summed E-state index contributed by atoms with van der Waals surface area (Å²) in [6, 6.07) is 5.06. The van der Waals surface area contributed by atoms with Gasteiger partial charge in [0.15, 0.2) is 0 Å². The van der Waals surface area contributed by atoms with E-state index < -0.39 is 16.8 Å². The van der Waals surface area contributed by atoms with Gasteiger partial charge in [0.05, 0.1) is 5.56 Å². The van der Waals surface area contributed by atoms with Gasteiger partial charge >= 0.3 is 5.97 Å². The molecule has 0 bridgehead atoms. The van der Waals surface area contributed by atoms with Crippen LogP contribution in [0.3, 0.4) is 0 Å². The molecule has 14 heavy (non-hydrogen) atoms. The number of carbonyl (C=O) groups is 2. The van der Waals surface area contributed by atoms with Gasteiger partial charge in [-0.1, -0.05) is 12.1 Å². The molecule has 0 aliphatic heterocycles. The van der Waals surface area contributed by atoms with Gasteiger partial charge in [-0.3, -0.25) is 4.79 Å². The minimum atomic E-state index is -1.75. The van der Waals surface area contributed by atoms with Crippen LogP contribution >= 0.6 is 15.9 Å². The molecule has 0 aromatic heterocycles. The first-order chi connectivity index (χ1) is 6.52. The quantitative estimate of drug-likeness (QED) is 0.670. The van der Waals surface area contributed by atoms with Crippen molar-refractivity contribution in [1.82, 2.24) is 0 Å². The Labute approximate surface area is 87.7 Å². The molecule has 1 aromatic rings. The van der Waals surface area contributed by atoms with Crippen LogP contribution in [0.1, 0.15) is 20.7 Å². The van der Waals surface area contributed by atoms with E-state index in [9.17, 15) is 14.0 Å². The van der Waals surface area contributed by atoms with E-state index >= 15 is 0 Å². The summed E-state index contributed by atoms with van der Waals surface area (Å²) in [6.45, 7) is 0. The van der Waals surface area contributed by atoms with Crippen LogP contribution in [0.25, 0.3) is 0 Å². The molecular formula is C9H6BrFO3. The molecule has 0 aliphatic carbocycles. The minimum absolute atomic E-state index is 0.0616. The normalized spacial score (nSPS) is 12.1. The van der Waals surface area contributed by atoms with E-state index in [0.717, 1.165) is 0 Å². The van der Waals surface area contributed by atoms with Crippen LogP contribution in [0.15, 0.2) is 24.3 Å². The summed E-state index contributed by atoms with van der Waals surface area (Å²) >= 11 is 2.49. The molecule has 0 saturated carbocycles.